The van der Waals surface area contributed by atoms with E-state index in [1.807, 2.05) is 0 Å². The molecule has 57 heavy (non-hydrogen) atoms. The highest BCUT2D eigenvalue weighted by atomic mass is 16.1. The van der Waals surface area contributed by atoms with E-state index in [2.05, 4.69) is 237 Å². The smallest absolute Gasteiger partial charge is 0.155 e. The second kappa shape index (κ2) is 16.8. The van der Waals surface area contributed by atoms with E-state index in [9.17, 15) is 0 Å². The van der Waals surface area contributed by atoms with E-state index in [1.165, 1.54) is 0 Å². The van der Waals surface area contributed by atoms with E-state index in [0.29, 0.717) is 13.0 Å². The number of nitrogens with one attached hydrogen (secondary N) is 2. The molecule has 3 heteroatoms. The molecule has 8 rings (SSSR count). The Kier molecular flexibility index (Phi) is 11.1. The van der Waals surface area contributed by atoms with Crippen molar-refractivity contribution in [2.24, 2.45) is 11.8 Å². The van der Waals surface area contributed by atoms with Crippen LogP contribution in [0.2, 0.25) is 0 Å². The number of ketones is 1. The zero-order valence-electron chi connectivity index (χ0n) is 32.8. The SMILES string of the molecule is CCN[C@@H](Cc1c[nH]c2ccccc12)C(=O)[C@H](C(C)C(c1ccccc1)(c1ccccc1)c1ccccc1)C(c1ccccc1)(c1ccccc1)c1ccccc1. The minimum atomic E-state index is -0.905. The van der Waals surface area contributed by atoms with Gasteiger partial charge in [0.2, 0.25) is 0 Å². The molecule has 0 aliphatic rings. The monoisotopic (exact) mass is 742 g/mol. The summed E-state index contributed by atoms with van der Waals surface area (Å²) in [6.45, 7) is 5.10. The number of carbonyl (C=O) groups excluding carboxylic acids is 1. The molecule has 0 saturated heterocycles. The summed E-state index contributed by atoms with van der Waals surface area (Å²) in [5, 5.41) is 4.90. The van der Waals surface area contributed by atoms with Gasteiger partial charge in [-0.1, -0.05) is 214 Å². The highest BCUT2D eigenvalue weighted by Crippen LogP contribution is 2.56. The second-order valence-corrected chi connectivity index (χ2v) is 15.2. The van der Waals surface area contributed by atoms with Crippen LogP contribution in [0.4, 0.5) is 0 Å². The third-order valence-corrected chi connectivity index (χ3v) is 12.2. The number of aromatic amines is 1. The van der Waals surface area contributed by atoms with Gasteiger partial charge in [-0.3, -0.25) is 4.79 Å². The lowest BCUT2D eigenvalue weighted by Gasteiger charge is -2.52. The van der Waals surface area contributed by atoms with Gasteiger partial charge in [0.25, 0.3) is 0 Å². The van der Waals surface area contributed by atoms with Crippen molar-refractivity contribution in [3.8, 4) is 0 Å². The summed E-state index contributed by atoms with van der Waals surface area (Å²) < 4.78 is 0. The number of aromatic nitrogens is 1. The first-order chi connectivity index (χ1) is 28.1. The van der Waals surface area contributed by atoms with Crippen molar-refractivity contribution in [1.29, 1.82) is 0 Å². The van der Waals surface area contributed by atoms with Crippen LogP contribution in [-0.4, -0.2) is 23.4 Å². The van der Waals surface area contributed by atoms with Crippen LogP contribution in [-0.2, 0) is 22.0 Å². The van der Waals surface area contributed by atoms with Gasteiger partial charge >= 0.3 is 0 Å². The van der Waals surface area contributed by atoms with E-state index < -0.39 is 22.8 Å². The van der Waals surface area contributed by atoms with Crippen molar-refractivity contribution in [1.82, 2.24) is 10.3 Å². The van der Waals surface area contributed by atoms with Crippen molar-refractivity contribution in [2.45, 2.75) is 37.1 Å². The summed E-state index contributed by atoms with van der Waals surface area (Å²) >= 11 is 0. The minimum absolute atomic E-state index is 0.179. The Bertz CT molecular complexity index is 2290. The van der Waals surface area contributed by atoms with E-state index >= 15 is 4.79 Å². The van der Waals surface area contributed by atoms with Crippen LogP contribution in [0.25, 0.3) is 10.9 Å². The summed E-state index contributed by atoms with van der Waals surface area (Å²) in [7, 11) is 0. The zero-order chi connectivity index (χ0) is 39.1. The largest absolute Gasteiger partial charge is 0.361 e. The number of H-pyrrole nitrogens is 1. The second-order valence-electron chi connectivity index (χ2n) is 15.2. The number of likely N-dealkylation sites (N-methyl/N-ethyl adjacent to an activating group) is 1. The van der Waals surface area contributed by atoms with Gasteiger partial charge < -0.3 is 10.3 Å². The topological polar surface area (TPSA) is 44.9 Å². The Hall–Kier alpha value is -6.29. The number of rotatable bonds is 15. The number of hydrogen-bond donors (Lipinski definition) is 2. The summed E-state index contributed by atoms with van der Waals surface area (Å²) in [6.07, 6.45) is 2.63. The van der Waals surface area contributed by atoms with Crippen molar-refractivity contribution < 1.29 is 4.79 Å². The van der Waals surface area contributed by atoms with Gasteiger partial charge in [-0.2, -0.15) is 0 Å². The molecular formula is C54H50N2O. The summed E-state index contributed by atoms with van der Waals surface area (Å²) in [4.78, 5) is 20.3. The molecular weight excluding hydrogens is 693 g/mol. The van der Waals surface area contributed by atoms with Gasteiger partial charge in [-0.25, -0.2) is 0 Å². The standard InChI is InChI=1S/C54H50N2O/c1-3-55-50(38-41-39-56-49-37-23-22-36-48(41)49)52(57)51(54(45-30-16-7-17-31-45,46-32-18-8-19-33-46)47-34-20-9-21-35-47)40(2)53(42-24-10-4-11-25-42,43-26-12-5-13-27-43)44-28-14-6-15-29-44/h4-37,39-40,50-51,55-56H,3,38H2,1-2H3/t40?,50-,51-/m0/s1. The van der Waals surface area contributed by atoms with Gasteiger partial charge in [-0.05, 0) is 63.9 Å². The normalized spacial score (nSPS) is 13.5. The van der Waals surface area contributed by atoms with Gasteiger partial charge in [0.15, 0.2) is 5.78 Å². The van der Waals surface area contributed by atoms with E-state index in [0.717, 1.165) is 49.8 Å². The molecule has 2 N–H and O–H groups in total. The van der Waals surface area contributed by atoms with Crippen molar-refractivity contribution in [2.75, 3.05) is 6.54 Å². The number of benzene rings is 7. The van der Waals surface area contributed by atoms with Crippen LogP contribution in [0.15, 0.2) is 212 Å². The molecule has 3 nitrogen and oxygen atoms in total. The first-order valence-corrected chi connectivity index (χ1v) is 20.2. The van der Waals surface area contributed by atoms with E-state index in [1.54, 1.807) is 0 Å². The molecule has 0 spiro atoms. The molecule has 0 aliphatic carbocycles. The molecule has 1 unspecified atom stereocenters. The van der Waals surface area contributed by atoms with Crippen molar-refractivity contribution >= 4 is 16.7 Å². The first kappa shape index (κ1) is 37.6. The fraction of sp³-hybridized carbons (Fsp3) is 0.167. The van der Waals surface area contributed by atoms with E-state index in [4.69, 9.17) is 0 Å². The Labute approximate surface area is 337 Å². The molecule has 0 radical (unpaired) electrons. The highest BCUT2D eigenvalue weighted by molar-refractivity contribution is 5.92. The van der Waals surface area contributed by atoms with Gasteiger partial charge in [-0.15, -0.1) is 0 Å². The lowest BCUT2D eigenvalue weighted by molar-refractivity contribution is -0.128. The van der Waals surface area contributed by atoms with E-state index in [-0.39, 0.29) is 11.7 Å². The minimum Gasteiger partial charge on any atom is -0.361 e. The van der Waals surface area contributed by atoms with Crippen LogP contribution >= 0.6 is 0 Å². The molecule has 7 aromatic carbocycles. The molecule has 1 heterocycles. The molecule has 0 aliphatic heterocycles. The van der Waals surface area contributed by atoms with Crippen LogP contribution in [0, 0.1) is 11.8 Å². The maximum Gasteiger partial charge on any atom is 0.155 e. The number of hydrogen-bond acceptors (Lipinski definition) is 2. The lowest BCUT2D eigenvalue weighted by Crippen LogP contribution is -2.56. The van der Waals surface area contributed by atoms with Crippen LogP contribution in [0.1, 0.15) is 52.8 Å². The van der Waals surface area contributed by atoms with Gasteiger partial charge in [0.1, 0.15) is 0 Å². The maximum atomic E-state index is 16.8. The van der Waals surface area contributed by atoms with Crippen LogP contribution in [0.3, 0.4) is 0 Å². The number of para-hydroxylation sites is 1. The highest BCUT2D eigenvalue weighted by Gasteiger charge is 2.57. The quantitative estimate of drug-likeness (QED) is 0.103. The molecule has 0 fully saturated rings. The first-order valence-electron chi connectivity index (χ1n) is 20.2. The molecule has 0 bridgehead atoms. The summed E-state index contributed by atoms with van der Waals surface area (Å²) in [5.74, 6) is -0.722. The number of carbonyl (C=O) groups is 1. The molecule has 282 valence electrons. The Morgan fingerprint density at radius 1 is 0.509 bits per heavy atom. The number of fused-ring (bicyclic) bond motifs is 1. The average molecular weight is 743 g/mol. The molecule has 0 saturated carbocycles. The fourth-order valence-electron chi connectivity index (χ4n) is 9.88. The Balaban J connectivity index is 1.50. The number of Topliss-reactive ketones (excluding diaryl/α,β-unsaturated/α-hetero) is 1. The molecule has 0 amide bonds. The third-order valence-electron chi connectivity index (χ3n) is 12.2. The molecule has 8 aromatic rings. The predicted molar refractivity (Wildman–Crippen MR) is 236 cm³/mol. The lowest BCUT2D eigenvalue weighted by atomic mass is 9.49. The Morgan fingerprint density at radius 3 is 1.25 bits per heavy atom. The van der Waals surface area contributed by atoms with Gasteiger partial charge in [0.05, 0.1) is 11.5 Å². The molecule has 3 atom stereocenters. The summed E-state index contributed by atoms with van der Waals surface area (Å²) in [6, 6.07) is 72.8. The molecule has 1 aromatic heterocycles. The van der Waals surface area contributed by atoms with Crippen LogP contribution < -0.4 is 5.32 Å². The predicted octanol–water partition coefficient (Wildman–Crippen LogP) is 11.6. The fourth-order valence-corrected chi connectivity index (χ4v) is 9.88. The average Bonchev–Trinajstić information content (AvgIpc) is 3.70. The maximum absolute atomic E-state index is 16.8. The van der Waals surface area contributed by atoms with Crippen molar-refractivity contribution in [3.63, 3.8) is 0 Å². The Morgan fingerprint density at radius 2 is 0.860 bits per heavy atom. The summed E-state index contributed by atoms with van der Waals surface area (Å²) in [5.41, 5.74) is 7.23. The van der Waals surface area contributed by atoms with Crippen molar-refractivity contribution in [3.05, 3.63) is 251 Å². The van der Waals surface area contributed by atoms with Gasteiger partial charge in [0, 0.05) is 28.4 Å². The third kappa shape index (κ3) is 6.83. The zero-order valence-corrected chi connectivity index (χ0v) is 32.8. The van der Waals surface area contributed by atoms with Crippen LogP contribution in [0.5, 0.6) is 0 Å².